The number of hydrogen-bond donors (Lipinski definition) is 1. The average Bonchev–Trinajstić information content (AvgIpc) is 3.10. The Bertz CT molecular complexity index is 759. The molecule has 6 nitrogen and oxygen atoms in total. The zero-order chi connectivity index (χ0) is 17.6. The zero-order valence-electron chi connectivity index (χ0n) is 14.3. The molecule has 1 saturated heterocycles. The lowest BCUT2D eigenvalue weighted by molar-refractivity contribution is -0.129. The predicted octanol–water partition coefficient (Wildman–Crippen LogP) is 2.01. The van der Waals surface area contributed by atoms with E-state index in [0.29, 0.717) is 13.1 Å². The smallest absolute Gasteiger partial charge is 0.244 e. The van der Waals surface area contributed by atoms with Crippen LogP contribution in [-0.4, -0.2) is 45.6 Å². The van der Waals surface area contributed by atoms with E-state index in [2.05, 4.69) is 10.4 Å². The summed E-state index contributed by atoms with van der Waals surface area (Å²) in [6.45, 7) is 2.99. The van der Waals surface area contributed by atoms with Crippen LogP contribution in [0.1, 0.15) is 25.3 Å². The van der Waals surface area contributed by atoms with E-state index in [4.69, 9.17) is 0 Å². The maximum Gasteiger partial charge on any atom is 0.244 e. The van der Waals surface area contributed by atoms with Crippen molar-refractivity contribution in [3.63, 3.8) is 0 Å². The largest absolute Gasteiger partial charge is 0.350 e. The Morgan fingerprint density at radius 1 is 1.20 bits per heavy atom. The standard InChI is InChI=1S/C19H22N4O2/c1-15(24)22-11-9-17(10-12-22)21-19(25)8-7-16-13-20-23(14-16)18-5-3-2-4-6-18/h2-8,13-14,17H,9-12H2,1H3,(H,21,25)/b8-7+. The second-order valence-corrected chi connectivity index (χ2v) is 6.18. The van der Waals surface area contributed by atoms with Crippen LogP contribution in [0.15, 0.2) is 48.8 Å². The fraction of sp³-hybridized carbons (Fsp3) is 0.316. The molecule has 1 N–H and O–H groups in total. The highest BCUT2D eigenvalue weighted by atomic mass is 16.2. The summed E-state index contributed by atoms with van der Waals surface area (Å²) in [7, 11) is 0. The molecule has 1 fully saturated rings. The molecule has 1 aromatic carbocycles. The van der Waals surface area contributed by atoms with Crippen molar-refractivity contribution in [2.75, 3.05) is 13.1 Å². The van der Waals surface area contributed by atoms with Crippen molar-refractivity contribution in [3.8, 4) is 5.69 Å². The number of likely N-dealkylation sites (tertiary alicyclic amines) is 1. The highest BCUT2D eigenvalue weighted by Gasteiger charge is 2.21. The first kappa shape index (κ1) is 17.0. The maximum atomic E-state index is 12.1. The van der Waals surface area contributed by atoms with Gasteiger partial charge in [-0.2, -0.15) is 5.10 Å². The lowest BCUT2D eigenvalue weighted by atomic mass is 10.1. The summed E-state index contributed by atoms with van der Waals surface area (Å²) in [4.78, 5) is 25.2. The average molecular weight is 338 g/mol. The van der Waals surface area contributed by atoms with Gasteiger partial charge in [-0.05, 0) is 31.1 Å². The van der Waals surface area contributed by atoms with E-state index in [0.717, 1.165) is 24.1 Å². The SMILES string of the molecule is CC(=O)N1CCC(NC(=O)/C=C/c2cnn(-c3ccccc3)c2)CC1. The number of piperidine rings is 1. The summed E-state index contributed by atoms with van der Waals surface area (Å²) in [5.74, 6) is -0.0196. The van der Waals surface area contributed by atoms with Crippen LogP contribution in [0.3, 0.4) is 0 Å². The lowest BCUT2D eigenvalue weighted by Crippen LogP contribution is -2.45. The van der Waals surface area contributed by atoms with Gasteiger partial charge in [0.1, 0.15) is 0 Å². The van der Waals surface area contributed by atoms with Crippen LogP contribution in [0.2, 0.25) is 0 Å². The van der Waals surface area contributed by atoms with E-state index in [1.165, 1.54) is 6.08 Å². The number of carbonyl (C=O) groups is 2. The molecule has 0 bridgehead atoms. The van der Waals surface area contributed by atoms with Crippen molar-refractivity contribution in [1.29, 1.82) is 0 Å². The third kappa shape index (κ3) is 4.56. The van der Waals surface area contributed by atoms with Crippen molar-refractivity contribution < 1.29 is 9.59 Å². The van der Waals surface area contributed by atoms with Gasteiger partial charge in [0, 0.05) is 43.9 Å². The summed E-state index contributed by atoms with van der Waals surface area (Å²) < 4.78 is 1.77. The molecule has 2 heterocycles. The highest BCUT2D eigenvalue weighted by Crippen LogP contribution is 2.11. The van der Waals surface area contributed by atoms with Crippen molar-refractivity contribution in [3.05, 3.63) is 54.4 Å². The molecule has 0 saturated carbocycles. The number of aromatic nitrogens is 2. The number of nitrogens with zero attached hydrogens (tertiary/aromatic N) is 3. The third-order valence-corrected chi connectivity index (χ3v) is 4.34. The summed E-state index contributed by atoms with van der Waals surface area (Å²) in [5.41, 5.74) is 1.84. The molecule has 0 atom stereocenters. The van der Waals surface area contributed by atoms with Crippen LogP contribution in [0.5, 0.6) is 0 Å². The second kappa shape index (κ2) is 7.79. The van der Waals surface area contributed by atoms with E-state index < -0.39 is 0 Å². The van der Waals surface area contributed by atoms with Gasteiger partial charge in [0.05, 0.1) is 11.9 Å². The number of amides is 2. The number of rotatable bonds is 4. The fourth-order valence-corrected chi connectivity index (χ4v) is 2.90. The van der Waals surface area contributed by atoms with Gasteiger partial charge in [-0.15, -0.1) is 0 Å². The first-order valence-corrected chi connectivity index (χ1v) is 8.46. The number of nitrogens with one attached hydrogen (secondary N) is 1. The third-order valence-electron chi connectivity index (χ3n) is 4.34. The maximum absolute atomic E-state index is 12.1. The number of hydrogen-bond acceptors (Lipinski definition) is 3. The molecular formula is C19H22N4O2. The van der Waals surface area contributed by atoms with Gasteiger partial charge in [-0.1, -0.05) is 18.2 Å². The number of para-hydroxylation sites is 1. The van der Waals surface area contributed by atoms with Gasteiger partial charge >= 0.3 is 0 Å². The minimum Gasteiger partial charge on any atom is -0.350 e. The minimum atomic E-state index is -0.117. The van der Waals surface area contributed by atoms with Crippen LogP contribution in [0, 0.1) is 0 Å². The monoisotopic (exact) mass is 338 g/mol. The minimum absolute atomic E-state index is 0.0973. The fourth-order valence-electron chi connectivity index (χ4n) is 2.90. The number of benzene rings is 1. The van der Waals surface area contributed by atoms with Crippen LogP contribution < -0.4 is 5.32 Å². The molecule has 6 heteroatoms. The molecule has 0 spiro atoms. The van der Waals surface area contributed by atoms with Gasteiger partial charge in [-0.25, -0.2) is 4.68 Å². The van der Waals surface area contributed by atoms with Gasteiger partial charge in [-0.3, -0.25) is 9.59 Å². The Labute approximate surface area is 147 Å². The van der Waals surface area contributed by atoms with Gasteiger partial charge in [0.25, 0.3) is 0 Å². The molecule has 0 radical (unpaired) electrons. The second-order valence-electron chi connectivity index (χ2n) is 6.18. The van der Waals surface area contributed by atoms with Crippen molar-refractivity contribution in [2.45, 2.75) is 25.8 Å². The van der Waals surface area contributed by atoms with E-state index in [9.17, 15) is 9.59 Å². The Kier molecular flexibility index (Phi) is 5.28. The molecule has 130 valence electrons. The van der Waals surface area contributed by atoms with Gasteiger partial charge in [0.2, 0.25) is 11.8 Å². The zero-order valence-corrected chi connectivity index (χ0v) is 14.3. The van der Waals surface area contributed by atoms with Gasteiger partial charge in [0.15, 0.2) is 0 Å². The normalized spacial score (nSPS) is 15.5. The highest BCUT2D eigenvalue weighted by molar-refractivity contribution is 5.91. The molecule has 0 unspecified atom stereocenters. The topological polar surface area (TPSA) is 67.2 Å². The van der Waals surface area contributed by atoms with E-state index >= 15 is 0 Å². The van der Waals surface area contributed by atoms with Crippen molar-refractivity contribution >= 4 is 17.9 Å². The molecule has 1 aliphatic heterocycles. The first-order chi connectivity index (χ1) is 12.1. The molecule has 3 rings (SSSR count). The van der Waals surface area contributed by atoms with E-state index in [1.807, 2.05) is 41.4 Å². The summed E-state index contributed by atoms with van der Waals surface area (Å²) in [5, 5.41) is 7.30. The quantitative estimate of drug-likeness (QED) is 0.867. The molecular weight excluding hydrogens is 316 g/mol. The summed E-state index contributed by atoms with van der Waals surface area (Å²) >= 11 is 0. The molecule has 25 heavy (non-hydrogen) atoms. The van der Waals surface area contributed by atoms with Crippen LogP contribution in [0.4, 0.5) is 0 Å². The van der Waals surface area contributed by atoms with E-state index in [1.54, 1.807) is 23.9 Å². The van der Waals surface area contributed by atoms with Crippen molar-refractivity contribution in [1.82, 2.24) is 20.0 Å². The van der Waals surface area contributed by atoms with Gasteiger partial charge < -0.3 is 10.2 Å². The number of carbonyl (C=O) groups excluding carboxylic acids is 2. The molecule has 2 amide bonds. The molecule has 1 aromatic heterocycles. The van der Waals surface area contributed by atoms with E-state index in [-0.39, 0.29) is 17.9 Å². The first-order valence-electron chi connectivity index (χ1n) is 8.46. The van der Waals surface area contributed by atoms with Crippen LogP contribution >= 0.6 is 0 Å². The Hall–Kier alpha value is -2.89. The lowest BCUT2D eigenvalue weighted by Gasteiger charge is -2.31. The van der Waals surface area contributed by atoms with Crippen LogP contribution in [0.25, 0.3) is 11.8 Å². The Balaban J connectivity index is 1.52. The molecule has 2 aromatic rings. The Morgan fingerprint density at radius 2 is 1.92 bits per heavy atom. The van der Waals surface area contributed by atoms with Crippen LogP contribution in [-0.2, 0) is 9.59 Å². The summed E-state index contributed by atoms with van der Waals surface area (Å²) in [6, 6.07) is 9.94. The van der Waals surface area contributed by atoms with Crippen molar-refractivity contribution in [2.24, 2.45) is 0 Å². The molecule has 1 aliphatic rings. The Morgan fingerprint density at radius 3 is 2.60 bits per heavy atom. The summed E-state index contributed by atoms with van der Waals surface area (Å²) in [6.07, 6.45) is 8.49. The predicted molar refractivity (Wildman–Crippen MR) is 96.0 cm³/mol. The molecule has 0 aliphatic carbocycles.